The van der Waals surface area contributed by atoms with Crippen molar-refractivity contribution in [3.8, 4) is 11.8 Å². The predicted molar refractivity (Wildman–Crippen MR) is 42.6 cm³/mol. The highest BCUT2D eigenvalue weighted by Crippen LogP contribution is 2.19. The van der Waals surface area contributed by atoms with Gasteiger partial charge in [0.2, 0.25) is 0 Å². The summed E-state index contributed by atoms with van der Waals surface area (Å²) < 4.78 is 29.9. The topological polar surface area (TPSA) is 98.4 Å². The van der Waals surface area contributed by atoms with Crippen molar-refractivity contribution in [2.24, 2.45) is 0 Å². The van der Waals surface area contributed by atoms with E-state index in [0.29, 0.717) is 0 Å². The average Bonchev–Trinajstić information content (AvgIpc) is 2.01. The molecule has 1 rings (SSSR count). The summed E-state index contributed by atoms with van der Waals surface area (Å²) in [6.07, 6.45) is 0. The number of benzene rings is 1. The Balaban J connectivity index is 3.50. The monoisotopic (exact) mass is 199 g/mol. The minimum absolute atomic E-state index is 0.232. The Hall–Kier alpha value is -1.58. The van der Waals surface area contributed by atoms with Gasteiger partial charge in [0.25, 0.3) is 10.1 Å². The van der Waals surface area contributed by atoms with Gasteiger partial charge in [0, 0.05) is 0 Å². The minimum atomic E-state index is -4.40. The molecule has 0 atom stereocenters. The van der Waals surface area contributed by atoms with E-state index in [-0.39, 0.29) is 11.3 Å². The number of nitrogens with zero attached hydrogens (tertiary/aromatic N) is 1. The molecule has 0 aliphatic heterocycles. The Morgan fingerprint density at radius 2 is 2.00 bits per heavy atom. The number of rotatable bonds is 1. The molecule has 0 unspecified atom stereocenters. The zero-order chi connectivity index (χ0) is 10.1. The van der Waals surface area contributed by atoms with E-state index >= 15 is 0 Å². The summed E-state index contributed by atoms with van der Waals surface area (Å²) >= 11 is 0. The molecule has 2 N–H and O–H groups in total. The van der Waals surface area contributed by atoms with Crippen molar-refractivity contribution in [3.63, 3.8) is 0 Å². The largest absolute Gasteiger partial charge is 0.508 e. The Labute approximate surface area is 74.6 Å². The van der Waals surface area contributed by atoms with E-state index in [4.69, 9.17) is 14.9 Å². The summed E-state index contributed by atoms with van der Waals surface area (Å²) in [5, 5.41) is 17.4. The lowest BCUT2D eigenvalue weighted by atomic mass is 10.2. The fourth-order valence-electron chi connectivity index (χ4n) is 0.830. The van der Waals surface area contributed by atoms with Gasteiger partial charge in [-0.2, -0.15) is 13.7 Å². The lowest BCUT2D eigenvalue weighted by Crippen LogP contribution is -2.00. The van der Waals surface area contributed by atoms with Gasteiger partial charge in [-0.05, 0) is 18.2 Å². The van der Waals surface area contributed by atoms with Crippen molar-refractivity contribution in [2.45, 2.75) is 4.90 Å². The van der Waals surface area contributed by atoms with Crippen LogP contribution in [-0.4, -0.2) is 18.1 Å². The summed E-state index contributed by atoms with van der Waals surface area (Å²) in [4.78, 5) is -0.507. The van der Waals surface area contributed by atoms with Crippen molar-refractivity contribution < 1.29 is 18.1 Å². The molecule has 0 radical (unpaired) electrons. The molecule has 68 valence electrons. The first-order valence-corrected chi connectivity index (χ1v) is 4.60. The predicted octanol–water partition coefficient (Wildman–Crippen LogP) is 0.511. The first-order valence-electron chi connectivity index (χ1n) is 3.16. The van der Waals surface area contributed by atoms with Gasteiger partial charge in [0.05, 0.1) is 5.56 Å². The van der Waals surface area contributed by atoms with E-state index in [1.807, 2.05) is 0 Å². The molecule has 1 aromatic carbocycles. The maximum atomic E-state index is 10.6. The molecule has 0 fully saturated rings. The fraction of sp³-hybridized carbons (Fsp3) is 0. The first kappa shape index (κ1) is 9.51. The van der Waals surface area contributed by atoms with Crippen LogP contribution in [0.5, 0.6) is 5.75 Å². The number of hydrogen-bond acceptors (Lipinski definition) is 4. The van der Waals surface area contributed by atoms with Gasteiger partial charge in [-0.15, -0.1) is 0 Å². The third kappa shape index (κ3) is 1.96. The molecule has 0 spiro atoms. The van der Waals surface area contributed by atoms with Crippen molar-refractivity contribution in [3.05, 3.63) is 23.8 Å². The van der Waals surface area contributed by atoms with Crippen LogP contribution < -0.4 is 0 Å². The smallest absolute Gasteiger partial charge is 0.295 e. The van der Waals surface area contributed by atoms with Crippen LogP contribution in [0.15, 0.2) is 23.1 Å². The molecular weight excluding hydrogens is 194 g/mol. The molecule has 0 aliphatic rings. The average molecular weight is 199 g/mol. The molecule has 0 saturated carbocycles. The summed E-state index contributed by atoms with van der Waals surface area (Å²) in [6.45, 7) is 0. The summed E-state index contributed by atoms with van der Waals surface area (Å²) in [7, 11) is -4.40. The number of nitriles is 1. The highest BCUT2D eigenvalue weighted by Gasteiger charge is 2.15. The first-order chi connectivity index (χ1) is 5.95. The zero-order valence-electron chi connectivity index (χ0n) is 6.30. The highest BCUT2D eigenvalue weighted by atomic mass is 32.2. The Kier molecular flexibility index (Phi) is 2.23. The third-order valence-corrected chi connectivity index (χ3v) is 2.27. The van der Waals surface area contributed by atoms with Crippen molar-refractivity contribution in [1.29, 1.82) is 5.26 Å². The molecule has 0 aliphatic carbocycles. The van der Waals surface area contributed by atoms with Gasteiger partial charge in [-0.3, -0.25) is 4.55 Å². The van der Waals surface area contributed by atoms with Gasteiger partial charge < -0.3 is 5.11 Å². The lowest BCUT2D eigenvalue weighted by Gasteiger charge is -1.99. The number of aromatic hydroxyl groups is 1. The van der Waals surface area contributed by atoms with Crippen LogP contribution in [0, 0.1) is 11.3 Å². The second-order valence-electron chi connectivity index (χ2n) is 2.27. The van der Waals surface area contributed by atoms with Crippen molar-refractivity contribution >= 4 is 10.1 Å². The maximum absolute atomic E-state index is 10.6. The lowest BCUT2D eigenvalue weighted by molar-refractivity contribution is 0.472. The maximum Gasteiger partial charge on any atom is 0.295 e. The van der Waals surface area contributed by atoms with Gasteiger partial charge in [0.1, 0.15) is 16.7 Å². The van der Waals surface area contributed by atoms with Crippen LogP contribution >= 0.6 is 0 Å². The van der Waals surface area contributed by atoms with Crippen molar-refractivity contribution in [1.82, 2.24) is 0 Å². The van der Waals surface area contributed by atoms with Gasteiger partial charge in [0.15, 0.2) is 0 Å². The Bertz CT molecular complexity index is 472. The third-order valence-electron chi connectivity index (χ3n) is 1.36. The quantitative estimate of drug-likeness (QED) is 0.642. The zero-order valence-corrected chi connectivity index (χ0v) is 7.11. The van der Waals surface area contributed by atoms with E-state index in [1.54, 1.807) is 6.07 Å². The van der Waals surface area contributed by atoms with Crippen LogP contribution in [0.2, 0.25) is 0 Å². The van der Waals surface area contributed by atoms with Crippen molar-refractivity contribution in [2.75, 3.05) is 0 Å². The van der Waals surface area contributed by atoms with Crippen LogP contribution in [-0.2, 0) is 10.1 Å². The normalized spacial score (nSPS) is 10.8. The van der Waals surface area contributed by atoms with Gasteiger partial charge in [-0.1, -0.05) is 0 Å². The molecule has 0 bridgehead atoms. The van der Waals surface area contributed by atoms with E-state index in [9.17, 15) is 8.42 Å². The van der Waals surface area contributed by atoms with E-state index in [0.717, 1.165) is 18.2 Å². The molecule has 5 nitrogen and oxygen atoms in total. The molecule has 0 saturated heterocycles. The molecule has 6 heteroatoms. The summed E-state index contributed by atoms with van der Waals surface area (Å²) in [5.74, 6) is -0.232. The molecular formula is C7H5NO4S. The van der Waals surface area contributed by atoms with Crippen LogP contribution in [0.4, 0.5) is 0 Å². The van der Waals surface area contributed by atoms with E-state index < -0.39 is 15.0 Å². The number of phenolic OH excluding ortho intramolecular Hbond substituents is 1. The second kappa shape index (κ2) is 3.05. The Morgan fingerprint density at radius 3 is 2.46 bits per heavy atom. The molecule has 0 heterocycles. The molecule has 1 aromatic rings. The van der Waals surface area contributed by atoms with Crippen LogP contribution in [0.25, 0.3) is 0 Å². The fourth-order valence-corrected chi connectivity index (χ4v) is 1.45. The number of hydrogen-bond donors (Lipinski definition) is 2. The molecule has 0 amide bonds. The summed E-state index contributed by atoms with van der Waals surface area (Å²) in [6, 6.07) is 4.54. The van der Waals surface area contributed by atoms with Gasteiger partial charge >= 0.3 is 0 Å². The molecule has 0 aromatic heterocycles. The standard InChI is InChI=1S/C7H5NO4S/c8-4-5-3-6(9)1-2-7(5)13(10,11)12/h1-3,9H,(H,10,11,12). The van der Waals surface area contributed by atoms with E-state index in [1.165, 1.54) is 0 Å². The van der Waals surface area contributed by atoms with E-state index in [2.05, 4.69) is 0 Å². The minimum Gasteiger partial charge on any atom is -0.508 e. The van der Waals surface area contributed by atoms with Crippen LogP contribution in [0.1, 0.15) is 5.56 Å². The van der Waals surface area contributed by atoms with Gasteiger partial charge in [-0.25, -0.2) is 0 Å². The number of phenols is 1. The van der Waals surface area contributed by atoms with Crippen LogP contribution in [0.3, 0.4) is 0 Å². The second-order valence-corrected chi connectivity index (χ2v) is 3.66. The Morgan fingerprint density at radius 1 is 1.38 bits per heavy atom. The highest BCUT2D eigenvalue weighted by molar-refractivity contribution is 7.85. The SMILES string of the molecule is N#Cc1cc(O)ccc1S(=O)(=O)O. The summed E-state index contributed by atoms with van der Waals surface area (Å²) in [5.41, 5.74) is -0.289. The molecule has 13 heavy (non-hydrogen) atoms.